The molecule has 4 atom stereocenters. The van der Waals surface area contributed by atoms with Gasteiger partial charge in [0.05, 0.1) is 37.9 Å². The summed E-state index contributed by atoms with van der Waals surface area (Å²) in [6.07, 6.45) is 22.7. The van der Waals surface area contributed by atoms with Gasteiger partial charge in [0.15, 0.2) is 0 Å². The van der Waals surface area contributed by atoms with E-state index >= 15 is 0 Å². The number of nitrogens with two attached hydrogens (primary N) is 1. The number of nitrogens with one attached hydrogen (secondary N) is 1. The van der Waals surface area contributed by atoms with Crippen molar-refractivity contribution in [3.05, 3.63) is 12.2 Å². The second-order valence-corrected chi connectivity index (χ2v) is 12.7. The quantitative estimate of drug-likeness (QED) is 0.0345. The average molecular weight is 607 g/mol. The number of carbonyl (C=O) groups is 1. The SMILES string of the molecule is CCCC/C=C\CCCCCC(O)CC(=O)NC(COP(=O)(O)OCCN)C(O)CCCCCCCCCCCC. The van der Waals surface area contributed by atoms with Crippen LogP contribution in [0.3, 0.4) is 0 Å². The molecule has 0 saturated heterocycles. The highest BCUT2D eigenvalue weighted by atomic mass is 31.2. The summed E-state index contributed by atoms with van der Waals surface area (Å²) in [5.41, 5.74) is 5.32. The molecule has 244 valence electrons. The van der Waals surface area contributed by atoms with E-state index in [1.165, 1.54) is 57.8 Å². The predicted molar refractivity (Wildman–Crippen MR) is 168 cm³/mol. The number of hydrogen-bond donors (Lipinski definition) is 5. The van der Waals surface area contributed by atoms with Crippen molar-refractivity contribution in [2.75, 3.05) is 19.8 Å². The van der Waals surface area contributed by atoms with E-state index in [0.717, 1.165) is 51.4 Å². The first-order chi connectivity index (χ1) is 19.8. The van der Waals surface area contributed by atoms with E-state index in [0.29, 0.717) is 12.8 Å². The minimum atomic E-state index is -4.36. The lowest BCUT2D eigenvalue weighted by Crippen LogP contribution is -2.47. The van der Waals surface area contributed by atoms with Gasteiger partial charge in [-0.3, -0.25) is 13.8 Å². The maximum absolute atomic E-state index is 12.6. The summed E-state index contributed by atoms with van der Waals surface area (Å²) in [7, 11) is -4.36. The summed E-state index contributed by atoms with van der Waals surface area (Å²) in [6.45, 7) is 3.93. The fraction of sp³-hybridized carbons (Fsp3) is 0.903. The number of phosphoric acid groups is 1. The van der Waals surface area contributed by atoms with Gasteiger partial charge in [0.2, 0.25) is 5.91 Å². The standard InChI is InChI=1S/C31H63N2O7P/c1-3-5-7-9-11-13-15-17-19-21-23-30(35)29(27-40-41(37,38)39-25-24-32)33-31(36)26-28(34)22-20-18-16-14-12-10-8-6-4-2/h10,12,28-30,34-35H,3-9,11,13-27,32H2,1-2H3,(H,33,36)(H,37,38)/b12-10-. The summed E-state index contributed by atoms with van der Waals surface area (Å²) in [6, 6.07) is -0.894. The molecule has 0 aromatic heterocycles. The van der Waals surface area contributed by atoms with Gasteiger partial charge < -0.3 is 26.2 Å². The molecule has 0 rings (SSSR count). The zero-order valence-corrected chi connectivity index (χ0v) is 27.0. The third kappa shape index (κ3) is 26.6. The third-order valence-electron chi connectivity index (χ3n) is 7.17. The molecule has 0 aromatic carbocycles. The zero-order chi connectivity index (χ0) is 30.6. The molecule has 0 aliphatic carbocycles. The highest BCUT2D eigenvalue weighted by Crippen LogP contribution is 2.43. The first-order valence-electron chi connectivity index (χ1n) is 16.4. The van der Waals surface area contributed by atoms with Crippen LogP contribution >= 0.6 is 7.82 Å². The lowest BCUT2D eigenvalue weighted by Gasteiger charge is -2.25. The predicted octanol–water partition coefficient (Wildman–Crippen LogP) is 6.68. The molecule has 6 N–H and O–H groups in total. The first-order valence-corrected chi connectivity index (χ1v) is 17.9. The van der Waals surface area contributed by atoms with Gasteiger partial charge in [-0.15, -0.1) is 0 Å². The number of allylic oxidation sites excluding steroid dienone is 2. The zero-order valence-electron chi connectivity index (χ0n) is 26.1. The number of aliphatic hydroxyl groups excluding tert-OH is 2. The summed E-state index contributed by atoms with van der Waals surface area (Å²) in [5.74, 6) is -0.428. The van der Waals surface area contributed by atoms with Gasteiger partial charge in [0.1, 0.15) is 0 Å². The second kappa shape index (κ2) is 28.0. The van der Waals surface area contributed by atoms with Crippen LogP contribution in [0.15, 0.2) is 12.2 Å². The summed E-state index contributed by atoms with van der Waals surface area (Å²) >= 11 is 0. The van der Waals surface area contributed by atoms with Crippen LogP contribution in [0.4, 0.5) is 0 Å². The monoisotopic (exact) mass is 606 g/mol. The van der Waals surface area contributed by atoms with Crippen LogP contribution in [0.5, 0.6) is 0 Å². The van der Waals surface area contributed by atoms with Crippen molar-refractivity contribution < 1.29 is 33.5 Å². The molecule has 0 fully saturated rings. The molecule has 0 aromatic rings. The molecule has 0 bridgehead atoms. The van der Waals surface area contributed by atoms with E-state index in [-0.39, 0.29) is 26.2 Å². The molecule has 0 radical (unpaired) electrons. The van der Waals surface area contributed by atoms with Crippen LogP contribution in [-0.2, 0) is 18.4 Å². The van der Waals surface area contributed by atoms with E-state index in [2.05, 4.69) is 31.3 Å². The number of carbonyl (C=O) groups excluding carboxylic acids is 1. The van der Waals surface area contributed by atoms with Crippen molar-refractivity contribution in [2.45, 2.75) is 161 Å². The number of unbranched alkanes of at least 4 members (excludes halogenated alkanes) is 14. The molecular formula is C31H63N2O7P. The van der Waals surface area contributed by atoms with Crippen LogP contribution in [0.1, 0.15) is 142 Å². The smallest absolute Gasteiger partial charge is 0.393 e. The van der Waals surface area contributed by atoms with E-state index in [1.54, 1.807) is 0 Å². The minimum absolute atomic E-state index is 0.0585. The summed E-state index contributed by atoms with van der Waals surface area (Å²) in [5, 5.41) is 23.8. The van der Waals surface area contributed by atoms with Gasteiger partial charge in [0, 0.05) is 6.54 Å². The van der Waals surface area contributed by atoms with Crippen LogP contribution in [0, 0.1) is 0 Å². The normalized spacial score (nSPS) is 15.6. The van der Waals surface area contributed by atoms with Crippen molar-refractivity contribution in [3.63, 3.8) is 0 Å². The van der Waals surface area contributed by atoms with E-state index in [4.69, 9.17) is 14.8 Å². The van der Waals surface area contributed by atoms with Crippen LogP contribution in [0.25, 0.3) is 0 Å². The largest absolute Gasteiger partial charge is 0.472 e. The first kappa shape index (κ1) is 40.2. The summed E-state index contributed by atoms with van der Waals surface area (Å²) in [4.78, 5) is 22.5. The van der Waals surface area contributed by atoms with Crippen molar-refractivity contribution in [1.82, 2.24) is 5.32 Å². The van der Waals surface area contributed by atoms with E-state index in [9.17, 15) is 24.5 Å². The molecule has 0 heterocycles. The van der Waals surface area contributed by atoms with Crippen molar-refractivity contribution in [2.24, 2.45) is 5.73 Å². The van der Waals surface area contributed by atoms with Crippen molar-refractivity contribution >= 4 is 13.7 Å². The van der Waals surface area contributed by atoms with Gasteiger partial charge in [-0.05, 0) is 32.1 Å². The molecule has 0 aliphatic heterocycles. The molecular weight excluding hydrogens is 543 g/mol. The topological polar surface area (TPSA) is 151 Å². The number of phosphoric ester groups is 1. The van der Waals surface area contributed by atoms with E-state index < -0.39 is 32.0 Å². The fourth-order valence-electron chi connectivity index (χ4n) is 4.63. The number of rotatable bonds is 30. The molecule has 1 amide bonds. The van der Waals surface area contributed by atoms with Gasteiger partial charge in [-0.1, -0.05) is 116 Å². The van der Waals surface area contributed by atoms with Gasteiger partial charge >= 0.3 is 7.82 Å². The van der Waals surface area contributed by atoms with Crippen molar-refractivity contribution in [3.8, 4) is 0 Å². The minimum Gasteiger partial charge on any atom is -0.393 e. The maximum Gasteiger partial charge on any atom is 0.472 e. The Morgan fingerprint density at radius 1 is 0.805 bits per heavy atom. The molecule has 41 heavy (non-hydrogen) atoms. The van der Waals surface area contributed by atoms with E-state index in [1.807, 2.05) is 0 Å². The molecule has 0 saturated carbocycles. The van der Waals surface area contributed by atoms with Crippen LogP contribution < -0.4 is 11.1 Å². The lowest BCUT2D eigenvalue weighted by molar-refractivity contribution is -0.125. The molecule has 0 aliphatic rings. The lowest BCUT2D eigenvalue weighted by atomic mass is 10.0. The average Bonchev–Trinajstić information content (AvgIpc) is 2.94. The highest BCUT2D eigenvalue weighted by molar-refractivity contribution is 7.47. The Bertz CT molecular complexity index is 681. The Morgan fingerprint density at radius 2 is 1.34 bits per heavy atom. The molecule has 0 spiro atoms. The number of aliphatic hydroxyl groups is 2. The van der Waals surface area contributed by atoms with Gasteiger partial charge in [-0.25, -0.2) is 4.57 Å². The van der Waals surface area contributed by atoms with Gasteiger partial charge in [-0.2, -0.15) is 0 Å². The molecule has 4 unspecified atom stereocenters. The highest BCUT2D eigenvalue weighted by Gasteiger charge is 2.28. The molecule has 10 heteroatoms. The van der Waals surface area contributed by atoms with Crippen LogP contribution in [-0.4, -0.2) is 59.0 Å². The maximum atomic E-state index is 12.6. The van der Waals surface area contributed by atoms with Crippen LogP contribution in [0.2, 0.25) is 0 Å². The van der Waals surface area contributed by atoms with Gasteiger partial charge in [0.25, 0.3) is 0 Å². The Hall–Kier alpha value is -0.800. The Balaban J connectivity index is 4.51. The molecule has 9 nitrogen and oxygen atoms in total. The Morgan fingerprint density at radius 3 is 1.95 bits per heavy atom. The number of hydrogen-bond acceptors (Lipinski definition) is 7. The third-order valence-corrected chi connectivity index (χ3v) is 8.16. The number of amides is 1. The second-order valence-electron chi connectivity index (χ2n) is 11.2. The fourth-order valence-corrected chi connectivity index (χ4v) is 5.39. The Kier molecular flexibility index (Phi) is 27.5. The van der Waals surface area contributed by atoms with Crippen molar-refractivity contribution in [1.29, 1.82) is 0 Å². The Labute approximate surface area is 250 Å². The summed E-state index contributed by atoms with van der Waals surface area (Å²) < 4.78 is 21.9.